The summed E-state index contributed by atoms with van der Waals surface area (Å²) in [6.07, 6.45) is 1.41. The van der Waals surface area contributed by atoms with Crippen LogP contribution in [0.15, 0.2) is 46.6 Å². The molecule has 106 valence electrons. The normalized spacial score (nSPS) is 10.7. The number of aromatic amines is 2. The third-order valence-electron chi connectivity index (χ3n) is 2.67. The van der Waals surface area contributed by atoms with E-state index in [0.29, 0.717) is 16.3 Å². The summed E-state index contributed by atoms with van der Waals surface area (Å²) >= 11 is 1.15. The van der Waals surface area contributed by atoms with Crippen LogP contribution in [0, 0.1) is 0 Å². The number of H-pyrrole nitrogens is 2. The van der Waals surface area contributed by atoms with E-state index in [0.717, 1.165) is 17.4 Å². The largest absolute Gasteiger partial charge is 0.339 e. The highest BCUT2D eigenvalue weighted by Crippen LogP contribution is 2.14. The number of imidazole rings is 1. The van der Waals surface area contributed by atoms with Gasteiger partial charge in [-0.25, -0.2) is 9.97 Å². The molecule has 0 aliphatic rings. The van der Waals surface area contributed by atoms with Gasteiger partial charge in [-0.2, -0.15) is 0 Å². The van der Waals surface area contributed by atoms with Crippen molar-refractivity contribution >= 4 is 34.5 Å². The highest BCUT2D eigenvalue weighted by molar-refractivity contribution is 7.99. The number of nitrogens with one attached hydrogen (secondary N) is 3. The predicted octanol–water partition coefficient (Wildman–Crippen LogP) is 1.38. The van der Waals surface area contributed by atoms with Crippen LogP contribution in [0.25, 0.3) is 11.2 Å². The minimum Gasteiger partial charge on any atom is -0.339 e. The highest BCUT2D eigenvalue weighted by atomic mass is 32.2. The molecule has 1 amide bonds. The van der Waals surface area contributed by atoms with E-state index in [1.165, 1.54) is 6.33 Å². The van der Waals surface area contributed by atoms with Gasteiger partial charge < -0.3 is 10.3 Å². The third-order valence-corrected chi connectivity index (χ3v) is 3.55. The Bertz CT molecular complexity index is 827. The zero-order chi connectivity index (χ0) is 14.7. The van der Waals surface area contributed by atoms with Crippen LogP contribution in [-0.2, 0) is 4.79 Å². The highest BCUT2D eigenvalue weighted by Gasteiger charge is 2.08. The van der Waals surface area contributed by atoms with Crippen molar-refractivity contribution in [3.8, 4) is 0 Å². The lowest BCUT2D eigenvalue weighted by Gasteiger charge is -2.04. The fraction of sp³-hybridized carbons (Fsp3) is 0.0769. The van der Waals surface area contributed by atoms with Crippen molar-refractivity contribution < 1.29 is 4.79 Å². The number of anilines is 1. The van der Waals surface area contributed by atoms with E-state index in [4.69, 9.17) is 0 Å². The Labute approximate surface area is 123 Å². The van der Waals surface area contributed by atoms with Gasteiger partial charge in [-0.3, -0.25) is 14.6 Å². The zero-order valence-corrected chi connectivity index (χ0v) is 11.6. The van der Waals surface area contributed by atoms with Crippen molar-refractivity contribution in [3.63, 3.8) is 0 Å². The van der Waals surface area contributed by atoms with Gasteiger partial charge in [0.1, 0.15) is 0 Å². The molecule has 3 aromatic rings. The Kier molecular flexibility index (Phi) is 3.69. The van der Waals surface area contributed by atoms with Crippen molar-refractivity contribution in [1.82, 2.24) is 19.9 Å². The summed E-state index contributed by atoms with van der Waals surface area (Å²) in [6, 6.07) is 9.16. The molecule has 7 nitrogen and oxygen atoms in total. The standard InChI is InChI=1S/C13H11N5O2S/c19-9(16-8-4-2-1-3-5-8)6-21-13-17-11-10(12(20)18-13)14-7-15-11/h1-5,7H,6H2,(H,16,19)(H2,14,15,17,18,20). The van der Waals surface area contributed by atoms with E-state index < -0.39 is 0 Å². The molecule has 0 fully saturated rings. The quantitative estimate of drug-likeness (QED) is 0.499. The molecule has 0 unspecified atom stereocenters. The van der Waals surface area contributed by atoms with Crippen molar-refractivity contribution in [2.24, 2.45) is 0 Å². The van der Waals surface area contributed by atoms with E-state index in [1.54, 1.807) is 12.1 Å². The van der Waals surface area contributed by atoms with Crippen LogP contribution in [0.5, 0.6) is 0 Å². The first-order chi connectivity index (χ1) is 10.2. The lowest BCUT2D eigenvalue weighted by atomic mass is 10.3. The molecule has 3 rings (SSSR count). The van der Waals surface area contributed by atoms with E-state index in [-0.39, 0.29) is 17.2 Å². The summed E-state index contributed by atoms with van der Waals surface area (Å²) in [5.74, 6) is -0.0238. The van der Waals surface area contributed by atoms with Crippen LogP contribution in [0.2, 0.25) is 0 Å². The number of hydrogen-bond acceptors (Lipinski definition) is 5. The van der Waals surface area contributed by atoms with Crippen molar-refractivity contribution in [2.45, 2.75) is 5.16 Å². The number of benzene rings is 1. The summed E-state index contributed by atoms with van der Waals surface area (Å²) in [5.41, 5.74) is 1.09. The monoisotopic (exact) mass is 301 g/mol. The second kappa shape index (κ2) is 5.80. The van der Waals surface area contributed by atoms with Crippen molar-refractivity contribution in [1.29, 1.82) is 0 Å². The van der Waals surface area contributed by atoms with Crippen molar-refractivity contribution in [3.05, 3.63) is 47.0 Å². The Morgan fingerprint density at radius 2 is 2.10 bits per heavy atom. The molecular formula is C13H11N5O2S. The van der Waals surface area contributed by atoms with Gasteiger partial charge in [-0.05, 0) is 12.1 Å². The molecule has 0 aliphatic heterocycles. The van der Waals surface area contributed by atoms with Crippen LogP contribution in [-0.4, -0.2) is 31.6 Å². The fourth-order valence-electron chi connectivity index (χ4n) is 1.74. The molecule has 0 radical (unpaired) electrons. The SMILES string of the molecule is O=C(CSc1nc2nc[nH]c2c(=O)[nH]1)Nc1ccccc1. The van der Waals surface area contributed by atoms with E-state index in [2.05, 4.69) is 25.3 Å². The number of rotatable bonds is 4. The first-order valence-corrected chi connectivity index (χ1v) is 7.12. The maximum atomic E-state index is 11.8. The molecule has 0 aliphatic carbocycles. The van der Waals surface area contributed by atoms with Gasteiger partial charge in [-0.15, -0.1) is 0 Å². The van der Waals surface area contributed by atoms with Crippen LogP contribution in [0.1, 0.15) is 0 Å². The smallest absolute Gasteiger partial charge is 0.277 e. The maximum absolute atomic E-state index is 11.8. The Morgan fingerprint density at radius 3 is 2.90 bits per heavy atom. The summed E-state index contributed by atoms with van der Waals surface area (Å²) in [4.78, 5) is 36.9. The summed E-state index contributed by atoms with van der Waals surface area (Å²) in [6.45, 7) is 0. The number of fused-ring (bicyclic) bond motifs is 1. The molecule has 0 saturated heterocycles. The predicted molar refractivity (Wildman–Crippen MR) is 80.3 cm³/mol. The molecule has 8 heteroatoms. The molecule has 2 heterocycles. The van der Waals surface area contributed by atoms with Crippen LogP contribution < -0.4 is 10.9 Å². The number of thioether (sulfide) groups is 1. The second-order valence-corrected chi connectivity index (χ2v) is 5.14. The van der Waals surface area contributed by atoms with Crippen LogP contribution in [0.4, 0.5) is 5.69 Å². The number of amides is 1. The first kappa shape index (κ1) is 13.4. The third kappa shape index (κ3) is 3.11. The number of nitrogens with zero attached hydrogens (tertiary/aromatic N) is 2. The van der Waals surface area contributed by atoms with Gasteiger partial charge in [0.25, 0.3) is 5.56 Å². The van der Waals surface area contributed by atoms with Gasteiger partial charge in [-0.1, -0.05) is 30.0 Å². The Morgan fingerprint density at radius 1 is 1.29 bits per heavy atom. The van der Waals surface area contributed by atoms with E-state index in [1.807, 2.05) is 18.2 Å². The lowest BCUT2D eigenvalue weighted by molar-refractivity contribution is -0.113. The number of para-hydroxylation sites is 1. The maximum Gasteiger partial charge on any atom is 0.277 e. The second-order valence-electron chi connectivity index (χ2n) is 4.18. The van der Waals surface area contributed by atoms with Crippen LogP contribution in [0.3, 0.4) is 0 Å². The minimum absolute atomic E-state index is 0.147. The summed E-state index contributed by atoms with van der Waals surface area (Å²) in [7, 11) is 0. The van der Waals surface area contributed by atoms with Gasteiger partial charge >= 0.3 is 0 Å². The molecule has 21 heavy (non-hydrogen) atoms. The van der Waals surface area contributed by atoms with Gasteiger partial charge in [0, 0.05) is 5.69 Å². The van der Waals surface area contributed by atoms with Gasteiger partial charge in [0.2, 0.25) is 5.91 Å². The molecule has 0 spiro atoms. The Balaban J connectivity index is 1.66. The molecule has 0 saturated carbocycles. The average Bonchev–Trinajstić information content (AvgIpc) is 2.95. The number of carbonyl (C=O) groups excluding carboxylic acids is 1. The summed E-state index contributed by atoms with van der Waals surface area (Å²) < 4.78 is 0. The van der Waals surface area contributed by atoms with Gasteiger partial charge in [0.05, 0.1) is 12.1 Å². The first-order valence-electron chi connectivity index (χ1n) is 6.13. The zero-order valence-electron chi connectivity index (χ0n) is 10.8. The Hall–Kier alpha value is -2.61. The number of hydrogen-bond donors (Lipinski definition) is 3. The topological polar surface area (TPSA) is 104 Å². The van der Waals surface area contributed by atoms with E-state index >= 15 is 0 Å². The number of carbonyl (C=O) groups is 1. The van der Waals surface area contributed by atoms with E-state index in [9.17, 15) is 9.59 Å². The summed E-state index contributed by atoms with van der Waals surface area (Å²) in [5, 5.41) is 3.12. The lowest BCUT2D eigenvalue weighted by Crippen LogP contribution is -2.15. The fourth-order valence-corrected chi connectivity index (χ4v) is 2.40. The molecule has 1 aromatic carbocycles. The van der Waals surface area contributed by atoms with Crippen molar-refractivity contribution in [2.75, 3.05) is 11.1 Å². The molecular weight excluding hydrogens is 290 g/mol. The molecule has 0 atom stereocenters. The van der Waals surface area contributed by atoms with Crippen LogP contribution >= 0.6 is 11.8 Å². The molecule has 0 bridgehead atoms. The average molecular weight is 301 g/mol. The number of aromatic nitrogens is 4. The minimum atomic E-state index is -0.302. The van der Waals surface area contributed by atoms with Gasteiger partial charge in [0.15, 0.2) is 16.3 Å². The molecule has 3 N–H and O–H groups in total. The molecule has 2 aromatic heterocycles.